The largest absolute Gasteiger partial charge is 0.464 e. The SMILES string of the molecule is COC(=O)c1ccc(Nc2cc(-c3ccc4c(cnn4C4CC4)c3)nc(N3CCOCC3)n2)cn1. The van der Waals surface area contributed by atoms with Gasteiger partial charge in [-0.25, -0.2) is 14.8 Å². The maximum Gasteiger partial charge on any atom is 0.356 e. The summed E-state index contributed by atoms with van der Waals surface area (Å²) in [7, 11) is 1.33. The van der Waals surface area contributed by atoms with Gasteiger partial charge in [0.15, 0.2) is 0 Å². The third kappa shape index (κ3) is 4.40. The molecule has 4 aromatic rings. The zero-order valence-electron chi connectivity index (χ0n) is 19.3. The minimum Gasteiger partial charge on any atom is -0.464 e. The van der Waals surface area contributed by atoms with E-state index in [1.807, 2.05) is 12.3 Å². The van der Waals surface area contributed by atoms with Gasteiger partial charge in [-0.05, 0) is 37.1 Å². The van der Waals surface area contributed by atoms with E-state index in [-0.39, 0.29) is 5.69 Å². The second kappa shape index (κ2) is 8.95. The number of hydrogen-bond donors (Lipinski definition) is 1. The fraction of sp³-hybridized carbons (Fsp3) is 0.320. The minimum atomic E-state index is -0.476. The number of fused-ring (bicyclic) bond motifs is 1. The van der Waals surface area contributed by atoms with Crippen molar-refractivity contribution in [2.45, 2.75) is 18.9 Å². The lowest BCUT2D eigenvalue weighted by atomic mass is 10.1. The minimum absolute atomic E-state index is 0.246. The number of aromatic nitrogens is 5. The van der Waals surface area contributed by atoms with E-state index in [9.17, 15) is 4.79 Å². The number of hydrogen-bond acceptors (Lipinski definition) is 9. The average Bonchev–Trinajstić information content (AvgIpc) is 3.67. The van der Waals surface area contributed by atoms with Crippen molar-refractivity contribution < 1.29 is 14.3 Å². The molecule has 0 bridgehead atoms. The molecule has 10 nitrogen and oxygen atoms in total. The molecule has 2 aliphatic rings. The number of benzene rings is 1. The summed E-state index contributed by atoms with van der Waals surface area (Å²) in [6.45, 7) is 2.74. The van der Waals surface area contributed by atoms with E-state index in [4.69, 9.17) is 19.4 Å². The molecule has 178 valence electrons. The number of nitrogens with zero attached hydrogens (tertiary/aromatic N) is 6. The van der Waals surface area contributed by atoms with Crippen molar-refractivity contribution in [3.63, 3.8) is 0 Å². The van der Waals surface area contributed by atoms with Crippen molar-refractivity contribution in [2.24, 2.45) is 0 Å². The molecule has 0 radical (unpaired) electrons. The first kappa shape index (κ1) is 21.5. The van der Waals surface area contributed by atoms with Crippen LogP contribution in [0.2, 0.25) is 0 Å². The lowest BCUT2D eigenvalue weighted by Crippen LogP contribution is -2.37. The molecule has 6 rings (SSSR count). The van der Waals surface area contributed by atoms with Gasteiger partial charge in [0.25, 0.3) is 0 Å². The van der Waals surface area contributed by atoms with Gasteiger partial charge >= 0.3 is 5.97 Å². The quantitative estimate of drug-likeness (QED) is 0.422. The van der Waals surface area contributed by atoms with Crippen LogP contribution in [0, 0.1) is 0 Å². The predicted octanol–water partition coefficient (Wildman–Crippen LogP) is 3.59. The lowest BCUT2D eigenvalue weighted by molar-refractivity contribution is 0.0594. The van der Waals surface area contributed by atoms with Crippen LogP contribution in [-0.4, -0.2) is 64.1 Å². The Morgan fingerprint density at radius 1 is 1.09 bits per heavy atom. The molecule has 2 fully saturated rings. The van der Waals surface area contributed by atoms with Crippen LogP contribution in [0.4, 0.5) is 17.5 Å². The van der Waals surface area contributed by atoms with Crippen LogP contribution in [0.1, 0.15) is 29.4 Å². The Morgan fingerprint density at radius 2 is 1.94 bits per heavy atom. The van der Waals surface area contributed by atoms with E-state index in [1.165, 1.54) is 20.0 Å². The Bertz CT molecular complexity index is 1380. The molecule has 0 unspecified atom stereocenters. The molecule has 3 aromatic heterocycles. The van der Waals surface area contributed by atoms with Crippen molar-refractivity contribution in [1.29, 1.82) is 0 Å². The summed E-state index contributed by atoms with van der Waals surface area (Å²) in [5.41, 5.74) is 3.90. The molecule has 1 saturated carbocycles. The van der Waals surface area contributed by atoms with Crippen LogP contribution in [-0.2, 0) is 9.47 Å². The molecule has 0 amide bonds. The number of esters is 1. The molecule has 35 heavy (non-hydrogen) atoms. The molecule has 0 atom stereocenters. The van der Waals surface area contributed by atoms with Crippen molar-refractivity contribution >= 4 is 34.3 Å². The molecular weight excluding hydrogens is 446 g/mol. The van der Waals surface area contributed by atoms with Crippen LogP contribution >= 0.6 is 0 Å². The fourth-order valence-corrected chi connectivity index (χ4v) is 4.21. The highest BCUT2D eigenvalue weighted by atomic mass is 16.5. The highest BCUT2D eigenvalue weighted by Crippen LogP contribution is 2.37. The van der Waals surface area contributed by atoms with Gasteiger partial charge in [-0.1, -0.05) is 6.07 Å². The number of carbonyl (C=O) groups is 1. The van der Waals surface area contributed by atoms with E-state index in [1.54, 1.807) is 18.3 Å². The Kier molecular flexibility index (Phi) is 5.49. The summed E-state index contributed by atoms with van der Waals surface area (Å²) < 4.78 is 12.4. The van der Waals surface area contributed by atoms with Crippen LogP contribution in [0.15, 0.2) is 48.8 Å². The summed E-state index contributed by atoms with van der Waals surface area (Å²) in [6, 6.07) is 12.2. The molecule has 10 heteroatoms. The van der Waals surface area contributed by atoms with E-state index in [0.29, 0.717) is 36.7 Å². The first-order chi connectivity index (χ1) is 17.2. The first-order valence-corrected chi connectivity index (χ1v) is 11.7. The predicted molar refractivity (Wildman–Crippen MR) is 131 cm³/mol. The topological polar surface area (TPSA) is 107 Å². The number of anilines is 3. The van der Waals surface area contributed by atoms with Crippen molar-refractivity contribution in [1.82, 2.24) is 24.7 Å². The Labute approximate surface area is 201 Å². The number of pyridine rings is 1. The highest BCUT2D eigenvalue weighted by molar-refractivity contribution is 5.87. The number of morpholine rings is 1. The molecule has 1 aliphatic heterocycles. The van der Waals surface area contributed by atoms with E-state index >= 15 is 0 Å². The maximum absolute atomic E-state index is 11.7. The van der Waals surface area contributed by atoms with E-state index in [0.717, 1.165) is 35.2 Å². The van der Waals surface area contributed by atoms with Crippen molar-refractivity contribution in [2.75, 3.05) is 43.6 Å². The molecule has 1 aromatic carbocycles. The fourth-order valence-electron chi connectivity index (χ4n) is 4.21. The normalized spacial score (nSPS) is 15.9. The van der Waals surface area contributed by atoms with Crippen LogP contribution in [0.25, 0.3) is 22.2 Å². The number of rotatable bonds is 6. The highest BCUT2D eigenvalue weighted by Gasteiger charge is 2.26. The molecule has 1 N–H and O–H groups in total. The molecule has 4 heterocycles. The smallest absolute Gasteiger partial charge is 0.356 e. The lowest BCUT2D eigenvalue weighted by Gasteiger charge is -2.27. The summed E-state index contributed by atoms with van der Waals surface area (Å²) in [4.78, 5) is 27.7. The zero-order chi connectivity index (χ0) is 23.8. The molecule has 1 aliphatic carbocycles. The van der Waals surface area contributed by atoms with Crippen LogP contribution in [0.5, 0.6) is 0 Å². The second-order valence-corrected chi connectivity index (χ2v) is 8.68. The van der Waals surface area contributed by atoms with Gasteiger partial charge in [-0.2, -0.15) is 10.1 Å². The van der Waals surface area contributed by atoms with E-state index < -0.39 is 5.97 Å². The summed E-state index contributed by atoms with van der Waals surface area (Å²) in [5.74, 6) is 0.801. The Hall–Kier alpha value is -4.05. The van der Waals surface area contributed by atoms with Gasteiger partial charge in [-0.3, -0.25) is 4.68 Å². The first-order valence-electron chi connectivity index (χ1n) is 11.7. The monoisotopic (exact) mass is 471 g/mol. The Balaban J connectivity index is 1.35. The van der Waals surface area contributed by atoms with Gasteiger partial charge in [-0.15, -0.1) is 0 Å². The number of carbonyl (C=O) groups excluding carboxylic acids is 1. The molecule has 0 spiro atoms. The van der Waals surface area contributed by atoms with Crippen molar-refractivity contribution in [3.05, 3.63) is 54.5 Å². The van der Waals surface area contributed by atoms with Gasteiger partial charge in [0.05, 0.1) is 55.7 Å². The number of methoxy groups -OCH3 is 1. The van der Waals surface area contributed by atoms with Gasteiger partial charge in [0, 0.05) is 30.1 Å². The number of nitrogens with one attached hydrogen (secondary N) is 1. The maximum atomic E-state index is 11.7. The summed E-state index contributed by atoms with van der Waals surface area (Å²) >= 11 is 0. The third-order valence-electron chi connectivity index (χ3n) is 6.22. The summed E-state index contributed by atoms with van der Waals surface area (Å²) in [6.07, 6.45) is 5.89. The second-order valence-electron chi connectivity index (χ2n) is 8.68. The zero-order valence-corrected chi connectivity index (χ0v) is 19.3. The van der Waals surface area contributed by atoms with Gasteiger partial charge in [0.2, 0.25) is 5.95 Å². The summed E-state index contributed by atoms with van der Waals surface area (Å²) in [5, 5.41) is 8.99. The van der Waals surface area contributed by atoms with Crippen molar-refractivity contribution in [3.8, 4) is 11.3 Å². The molecular formula is C25H25N7O3. The van der Waals surface area contributed by atoms with Crippen LogP contribution in [0.3, 0.4) is 0 Å². The van der Waals surface area contributed by atoms with E-state index in [2.05, 4.69) is 43.2 Å². The number of ether oxygens (including phenoxy) is 2. The van der Waals surface area contributed by atoms with Gasteiger partial charge in [0.1, 0.15) is 11.5 Å². The van der Waals surface area contributed by atoms with Gasteiger partial charge < -0.3 is 19.7 Å². The third-order valence-corrected chi connectivity index (χ3v) is 6.22. The Morgan fingerprint density at radius 3 is 2.69 bits per heavy atom. The average molecular weight is 472 g/mol. The molecule has 1 saturated heterocycles. The standard InChI is InChI=1S/C25H25N7O3/c1-34-24(33)20-6-3-18(15-26-20)28-23-13-21(29-25(30-23)31-8-10-35-11-9-31)16-2-7-22-17(12-16)14-27-32(22)19-4-5-19/h2-3,6-7,12-15,19H,4-5,8-11H2,1H3,(H,28,29,30). The van der Waals surface area contributed by atoms with Crippen LogP contribution < -0.4 is 10.2 Å².